The van der Waals surface area contributed by atoms with Gasteiger partial charge in [0.15, 0.2) is 0 Å². The average molecular weight is 300 g/mol. The SMILES string of the molecule is CCC(C)C(N)C(=O)NCCCNc1ccccc1.Cl. The third-order valence-corrected chi connectivity index (χ3v) is 3.32. The quantitative estimate of drug-likeness (QED) is 0.646. The first-order chi connectivity index (χ1) is 9.15. The normalized spacial score (nSPS) is 12.9. The molecule has 2 atom stereocenters. The van der Waals surface area contributed by atoms with E-state index in [0.717, 1.165) is 25.1 Å². The largest absolute Gasteiger partial charge is 0.385 e. The van der Waals surface area contributed by atoms with Crippen LogP contribution in [-0.2, 0) is 4.79 Å². The molecule has 1 amide bonds. The molecule has 0 spiro atoms. The van der Waals surface area contributed by atoms with Gasteiger partial charge in [0, 0.05) is 18.8 Å². The highest BCUT2D eigenvalue weighted by molar-refractivity contribution is 5.85. The molecule has 0 aromatic heterocycles. The fourth-order valence-electron chi connectivity index (χ4n) is 1.72. The molecular formula is C15H26ClN3O. The molecule has 5 heteroatoms. The van der Waals surface area contributed by atoms with Crippen LogP contribution in [0.15, 0.2) is 30.3 Å². The molecule has 0 saturated heterocycles. The van der Waals surface area contributed by atoms with Crippen molar-refractivity contribution in [1.82, 2.24) is 5.32 Å². The molecule has 0 aliphatic rings. The van der Waals surface area contributed by atoms with E-state index in [0.29, 0.717) is 6.54 Å². The molecule has 0 bridgehead atoms. The summed E-state index contributed by atoms with van der Waals surface area (Å²) in [7, 11) is 0. The number of benzene rings is 1. The molecule has 0 saturated carbocycles. The van der Waals surface area contributed by atoms with Crippen molar-refractivity contribution in [3.63, 3.8) is 0 Å². The summed E-state index contributed by atoms with van der Waals surface area (Å²) in [5.41, 5.74) is 6.95. The van der Waals surface area contributed by atoms with Crippen molar-refractivity contribution in [2.45, 2.75) is 32.7 Å². The predicted octanol–water partition coefficient (Wildman–Crippen LogP) is 2.40. The number of anilines is 1. The first-order valence-electron chi connectivity index (χ1n) is 6.97. The second-order valence-electron chi connectivity index (χ2n) is 4.85. The first-order valence-corrected chi connectivity index (χ1v) is 6.97. The summed E-state index contributed by atoms with van der Waals surface area (Å²) >= 11 is 0. The molecule has 114 valence electrons. The molecular weight excluding hydrogens is 274 g/mol. The lowest BCUT2D eigenvalue weighted by Gasteiger charge is -2.17. The lowest BCUT2D eigenvalue weighted by atomic mass is 9.99. The number of para-hydroxylation sites is 1. The van der Waals surface area contributed by atoms with Crippen molar-refractivity contribution in [1.29, 1.82) is 0 Å². The molecule has 0 radical (unpaired) electrons. The van der Waals surface area contributed by atoms with E-state index in [4.69, 9.17) is 5.73 Å². The number of rotatable bonds is 8. The Kier molecular flexibility index (Phi) is 9.86. The van der Waals surface area contributed by atoms with Gasteiger partial charge in [-0.3, -0.25) is 4.79 Å². The Labute approximate surface area is 127 Å². The second-order valence-corrected chi connectivity index (χ2v) is 4.85. The maximum Gasteiger partial charge on any atom is 0.237 e. The maximum absolute atomic E-state index is 11.7. The molecule has 20 heavy (non-hydrogen) atoms. The van der Waals surface area contributed by atoms with Gasteiger partial charge in [0.2, 0.25) is 5.91 Å². The van der Waals surface area contributed by atoms with Crippen molar-refractivity contribution in [3.8, 4) is 0 Å². The van der Waals surface area contributed by atoms with E-state index in [-0.39, 0.29) is 24.2 Å². The average Bonchev–Trinajstić information content (AvgIpc) is 2.46. The smallest absolute Gasteiger partial charge is 0.237 e. The summed E-state index contributed by atoms with van der Waals surface area (Å²) in [5, 5.41) is 6.18. The van der Waals surface area contributed by atoms with Gasteiger partial charge in [0.25, 0.3) is 0 Å². The van der Waals surface area contributed by atoms with Gasteiger partial charge in [-0.15, -0.1) is 12.4 Å². The van der Waals surface area contributed by atoms with Crippen LogP contribution in [0.5, 0.6) is 0 Å². The standard InChI is InChI=1S/C15H25N3O.ClH/c1-3-12(2)14(16)15(19)18-11-7-10-17-13-8-5-4-6-9-13;/h4-6,8-9,12,14,17H,3,7,10-11,16H2,1-2H3,(H,18,19);1H. The van der Waals surface area contributed by atoms with E-state index in [1.54, 1.807) is 0 Å². The maximum atomic E-state index is 11.7. The number of carbonyl (C=O) groups excluding carboxylic acids is 1. The third kappa shape index (κ3) is 6.78. The van der Waals surface area contributed by atoms with Crippen LogP contribution >= 0.6 is 12.4 Å². The molecule has 2 unspecified atom stereocenters. The number of hydrogen-bond donors (Lipinski definition) is 3. The topological polar surface area (TPSA) is 67.2 Å². The van der Waals surface area contributed by atoms with Crippen LogP contribution in [-0.4, -0.2) is 25.0 Å². The van der Waals surface area contributed by atoms with Gasteiger partial charge in [-0.05, 0) is 24.5 Å². The molecule has 0 heterocycles. The molecule has 0 aliphatic heterocycles. The fraction of sp³-hybridized carbons (Fsp3) is 0.533. The van der Waals surface area contributed by atoms with Gasteiger partial charge in [-0.1, -0.05) is 38.5 Å². The second kappa shape index (κ2) is 10.5. The minimum absolute atomic E-state index is 0. The lowest BCUT2D eigenvalue weighted by Crippen LogP contribution is -2.45. The van der Waals surface area contributed by atoms with Gasteiger partial charge in [-0.2, -0.15) is 0 Å². The van der Waals surface area contributed by atoms with E-state index in [2.05, 4.69) is 10.6 Å². The first kappa shape index (κ1) is 18.7. The molecule has 0 aliphatic carbocycles. The minimum atomic E-state index is -0.396. The zero-order valence-corrected chi connectivity index (χ0v) is 13.1. The van der Waals surface area contributed by atoms with Gasteiger partial charge >= 0.3 is 0 Å². The van der Waals surface area contributed by atoms with Crippen LogP contribution in [0.2, 0.25) is 0 Å². The van der Waals surface area contributed by atoms with Gasteiger partial charge in [0.1, 0.15) is 0 Å². The third-order valence-electron chi connectivity index (χ3n) is 3.32. The summed E-state index contributed by atoms with van der Waals surface area (Å²) in [6, 6.07) is 9.63. The number of halogens is 1. The van der Waals surface area contributed by atoms with Gasteiger partial charge in [-0.25, -0.2) is 0 Å². The summed E-state index contributed by atoms with van der Waals surface area (Å²) in [5.74, 6) is 0.177. The monoisotopic (exact) mass is 299 g/mol. The summed E-state index contributed by atoms with van der Waals surface area (Å²) in [6.07, 6.45) is 1.80. The Hall–Kier alpha value is -1.26. The van der Waals surface area contributed by atoms with Crippen LogP contribution < -0.4 is 16.4 Å². The van der Waals surface area contributed by atoms with Crippen molar-refractivity contribution in [3.05, 3.63) is 30.3 Å². The molecule has 1 aromatic carbocycles. The van der Waals surface area contributed by atoms with E-state index in [1.807, 2.05) is 44.2 Å². The van der Waals surface area contributed by atoms with E-state index >= 15 is 0 Å². The van der Waals surface area contributed by atoms with Crippen LogP contribution in [0.4, 0.5) is 5.69 Å². The molecule has 4 N–H and O–H groups in total. The predicted molar refractivity (Wildman–Crippen MR) is 87.2 cm³/mol. The van der Waals surface area contributed by atoms with Crippen LogP contribution in [0.1, 0.15) is 26.7 Å². The molecule has 0 fully saturated rings. The lowest BCUT2D eigenvalue weighted by molar-refractivity contribution is -0.123. The zero-order valence-electron chi connectivity index (χ0n) is 12.3. The van der Waals surface area contributed by atoms with Crippen molar-refractivity contribution < 1.29 is 4.79 Å². The number of nitrogens with two attached hydrogens (primary N) is 1. The Morgan fingerprint density at radius 3 is 2.50 bits per heavy atom. The highest BCUT2D eigenvalue weighted by Crippen LogP contribution is 2.05. The Bertz CT molecular complexity index is 373. The Morgan fingerprint density at radius 1 is 1.25 bits per heavy atom. The fourth-order valence-corrected chi connectivity index (χ4v) is 1.72. The van der Waals surface area contributed by atoms with Crippen LogP contribution in [0.25, 0.3) is 0 Å². The van der Waals surface area contributed by atoms with Crippen LogP contribution in [0.3, 0.4) is 0 Å². The number of nitrogens with one attached hydrogen (secondary N) is 2. The number of carbonyl (C=O) groups is 1. The van der Waals surface area contributed by atoms with Crippen molar-refractivity contribution in [2.24, 2.45) is 11.7 Å². The van der Waals surface area contributed by atoms with Gasteiger partial charge in [0.05, 0.1) is 6.04 Å². The summed E-state index contributed by atoms with van der Waals surface area (Å²) in [4.78, 5) is 11.7. The Balaban J connectivity index is 0.00000361. The highest BCUT2D eigenvalue weighted by atomic mass is 35.5. The molecule has 4 nitrogen and oxygen atoms in total. The summed E-state index contributed by atoms with van der Waals surface area (Å²) in [6.45, 7) is 5.54. The minimum Gasteiger partial charge on any atom is -0.385 e. The highest BCUT2D eigenvalue weighted by Gasteiger charge is 2.18. The Morgan fingerprint density at radius 2 is 1.90 bits per heavy atom. The van der Waals surface area contributed by atoms with E-state index in [1.165, 1.54) is 0 Å². The summed E-state index contributed by atoms with van der Waals surface area (Å²) < 4.78 is 0. The molecule has 1 aromatic rings. The van der Waals surface area contributed by atoms with Crippen LogP contribution in [0, 0.1) is 5.92 Å². The van der Waals surface area contributed by atoms with Gasteiger partial charge < -0.3 is 16.4 Å². The number of amides is 1. The van der Waals surface area contributed by atoms with Crippen molar-refractivity contribution >= 4 is 24.0 Å². The molecule has 1 rings (SSSR count). The van der Waals surface area contributed by atoms with Crippen molar-refractivity contribution in [2.75, 3.05) is 18.4 Å². The van der Waals surface area contributed by atoms with E-state index < -0.39 is 6.04 Å². The number of hydrogen-bond acceptors (Lipinski definition) is 3. The zero-order chi connectivity index (χ0) is 14.1. The van der Waals surface area contributed by atoms with E-state index in [9.17, 15) is 4.79 Å².